The van der Waals surface area contributed by atoms with Gasteiger partial charge in [-0.1, -0.05) is 6.92 Å². The molecule has 0 saturated heterocycles. The normalized spacial score (nSPS) is 9.54. The number of carbonyl (C=O) groups excluding carboxylic acids is 1. The number of nitrogens with zero attached hydrogens (tertiary/aromatic N) is 2. The van der Waals surface area contributed by atoms with Crippen LogP contribution in [-0.4, -0.2) is 30.5 Å². The molecule has 80 valence electrons. The molecule has 0 fully saturated rings. The van der Waals surface area contributed by atoms with E-state index in [4.69, 9.17) is 11.5 Å². The lowest BCUT2D eigenvalue weighted by molar-refractivity contribution is 0.235. The Balaban J connectivity index is -0.000000500. The van der Waals surface area contributed by atoms with Crippen molar-refractivity contribution < 1.29 is 4.79 Å². The van der Waals surface area contributed by atoms with Crippen molar-refractivity contribution in [2.45, 2.75) is 13.3 Å². The van der Waals surface area contributed by atoms with Crippen molar-refractivity contribution in [2.75, 3.05) is 13.6 Å². The monoisotopic (exact) mass is 230 g/mol. The number of nitrogens with two attached hydrogens (primary N) is 2. The predicted octanol–water partition coefficient (Wildman–Crippen LogP) is 0.565. The molecule has 0 aliphatic rings. The molecule has 0 unspecified atom stereocenters. The van der Waals surface area contributed by atoms with Gasteiger partial charge < -0.3 is 11.5 Å². The van der Waals surface area contributed by atoms with Gasteiger partial charge in [-0.05, 0) is 6.42 Å². The quantitative estimate of drug-likeness (QED) is 0.537. The van der Waals surface area contributed by atoms with Crippen molar-refractivity contribution in [1.29, 1.82) is 0 Å². The van der Waals surface area contributed by atoms with Crippen LogP contribution >= 0.6 is 24.8 Å². The van der Waals surface area contributed by atoms with Gasteiger partial charge in [-0.15, -0.1) is 24.8 Å². The SMILES string of the molecule is CCCN=C(N)N(C)C(N)=O.Cl.Cl. The Morgan fingerprint density at radius 1 is 1.38 bits per heavy atom. The first-order valence-electron chi connectivity index (χ1n) is 3.42. The highest BCUT2D eigenvalue weighted by atomic mass is 35.5. The van der Waals surface area contributed by atoms with Gasteiger partial charge >= 0.3 is 6.03 Å². The maximum absolute atomic E-state index is 10.5. The molecule has 0 radical (unpaired) electrons. The number of hydrogen-bond acceptors (Lipinski definition) is 2. The Bertz CT molecular complexity index is 174. The molecule has 0 bridgehead atoms. The number of halogens is 2. The summed E-state index contributed by atoms with van der Waals surface area (Å²) in [4.78, 5) is 15.5. The third-order valence-corrected chi connectivity index (χ3v) is 1.17. The summed E-state index contributed by atoms with van der Waals surface area (Å²) in [5, 5.41) is 0. The second-order valence-corrected chi connectivity index (χ2v) is 2.14. The van der Waals surface area contributed by atoms with Gasteiger partial charge in [-0.2, -0.15) is 0 Å². The first-order chi connectivity index (χ1) is 5.09. The molecule has 0 aromatic rings. The minimum atomic E-state index is -0.595. The molecule has 2 amide bonds. The van der Waals surface area contributed by atoms with E-state index in [0.29, 0.717) is 6.54 Å². The largest absolute Gasteiger partial charge is 0.369 e. The molecule has 0 spiro atoms. The zero-order valence-corrected chi connectivity index (χ0v) is 9.32. The van der Waals surface area contributed by atoms with Crippen LogP contribution < -0.4 is 11.5 Å². The highest BCUT2D eigenvalue weighted by Gasteiger charge is 2.05. The van der Waals surface area contributed by atoms with Crippen LogP contribution in [0.4, 0.5) is 4.79 Å². The van der Waals surface area contributed by atoms with Gasteiger partial charge in [0.05, 0.1) is 0 Å². The van der Waals surface area contributed by atoms with E-state index in [1.165, 1.54) is 7.05 Å². The van der Waals surface area contributed by atoms with E-state index >= 15 is 0 Å². The van der Waals surface area contributed by atoms with Crippen LogP contribution in [0.15, 0.2) is 4.99 Å². The molecule has 0 aromatic heterocycles. The maximum Gasteiger partial charge on any atom is 0.321 e. The molecule has 0 rings (SSSR count). The zero-order valence-electron chi connectivity index (χ0n) is 7.69. The van der Waals surface area contributed by atoms with E-state index in [-0.39, 0.29) is 30.8 Å². The minimum absolute atomic E-state index is 0. The van der Waals surface area contributed by atoms with Crippen LogP contribution in [0.2, 0.25) is 0 Å². The Morgan fingerprint density at radius 3 is 2.15 bits per heavy atom. The zero-order chi connectivity index (χ0) is 8.85. The summed E-state index contributed by atoms with van der Waals surface area (Å²) in [6, 6.07) is -0.595. The number of rotatable bonds is 2. The summed E-state index contributed by atoms with van der Waals surface area (Å²) in [6.07, 6.45) is 0.896. The number of guanidine groups is 1. The number of amides is 2. The molecule has 0 saturated carbocycles. The van der Waals surface area contributed by atoms with Crippen LogP contribution in [0.5, 0.6) is 0 Å². The molecular weight excluding hydrogens is 215 g/mol. The van der Waals surface area contributed by atoms with Crippen molar-refractivity contribution in [3.8, 4) is 0 Å². The average molecular weight is 231 g/mol. The summed E-state index contributed by atoms with van der Waals surface area (Å²) < 4.78 is 0. The second-order valence-electron chi connectivity index (χ2n) is 2.14. The van der Waals surface area contributed by atoms with E-state index < -0.39 is 6.03 Å². The third kappa shape index (κ3) is 7.67. The smallest absolute Gasteiger partial charge is 0.321 e. The molecule has 0 heterocycles. The Hall–Kier alpha value is -0.680. The summed E-state index contributed by atoms with van der Waals surface area (Å²) in [5.41, 5.74) is 10.3. The van der Waals surface area contributed by atoms with Crippen molar-refractivity contribution in [2.24, 2.45) is 16.5 Å². The second kappa shape index (κ2) is 9.41. The van der Waals surface area contributed by atoms with Crippen molar-refractivity contribution >= 4 is 36.8 Å². The van der Waals surface area contributed by atoms with Crippen LogP contribution in [0, 0.1) is 0 Å². The maximum atomic E-state index is 10.5. The van der Waals surface area contributed by atoms with Crippen LogP contribution in [-0.2, 0) is 0 Å². The van der Waals surface area contributed by atoms with E-state index in [9.17, 15) is 4.79 Å². The van der Waals surface area contributed by atoms with Crippen LogP contribution in [0.25, 0.3) is 0 Å². The summed E-state index contributed by atoms with van der Waals surface area (Å²) in [5.74, 6) is 0.166. The van der Waals surface area contributed by atoms with E-state index in [1.807, 2.05) is 6.92 Å². The molecule has 0 aliphatic heterocycles. The van der Waals surface area contributed by atoms with Gasteiger partial charge in [-0.3, -0.25) is 9.89 Å². The van der Waals surface area contributed by atoms with Gasteiger partial charge in [0.2, 0.25) is 0 Å². The van der Waals surface area contributed by atoms with E-state index in [1.54, 1.807) is 0 Å². The van der Waals surface area contributed by atoms with Gasteiger partial charge in [0.15, 0.2) is 5.96 Å². The summed E-state index contributed by atoms with van der Waals surface area (Å²) in [7, 11) is 1.48. The van der Waals surface area contributed by atoms with E-state index in [0.717, 1.165) is 11.3 Å². The predicted molar refractivity (Wildman–Crippen MR) is 58.6 cm³/mol. The van der Waals surface area contributed by atoms with Crippen molar-refractivity contribution in [1.82, 2.24) is 4.90 Å². The fourth-order valence-electron chi connectivity index (χ4n) is 0.445. The molecule has 5 nitrogen and oxygen atoms in total. The van der Waals surface area contributed by atoms with E-state index in [2.05, 4.69) is 4.99 Å². The van der Waals surface area contributed by atoms with Crippen LogP contribution in [0.3, 0.4) is 0 Å². The highest BCUT2D eigenvalue weighted by Crippen LogP contribution is 1.83. The topological polar surface area (TPSA) is 84.7 Å². The Morgan fingerprint density at radius 2 is 1.85 bits per heavy atom. The number of carbonyl (C=O) groups is 1. The first kappa shape index (κ1) is 18.2. The van der Waals surface area contributed by atoms with Crippen LogP contribution in [0.1, 0.15) is 13.3 Å². The fraction of sp³-hybridized carbons (Fsp3) is 0.667. The molecular formula is C6H16Cl2N4O. The number of primary amides is 1. The first-order valence-corrected chi connectivity index (χ1v) is 3.42. The molecule has 0 aromatic carbocycles. The molecule has 0 aliphatic carbocycles. The highest BCUT2D eigenvalue weighted by molar-refractivity contribution is 5.94. The minimum Gasteiger partial charge on any atom is -0.369 e. The lowest BCUT2D eigenvalue weighted by Crippen LogP contribution is -2.42. The Kier molecular flexibility index (Phi) is 13.2. The standard InChI is InChI=1S/C6H14N4O.2ClH/c1-3-4-9-5(7)10(2)6(8)11;;/h3-4H2,1-2H3,(H2,7,9)(H2,8,11);2*1H. The van der Waals surface area contributed by atoms with Gasteiger partial charge in [0.1, 0.15) is 0 Å². The summed E-state index contributed by atoms with van der Waals surface area (Å²) in [6.45, 7) is 2.59. The average Bonchev–Trinajstić information content (AvgIpc) is 1.98. The van der Waals surface area contributed by atoms with Gasteiger partial charge in [0, 0.05) is 13.6 Å². The van der Waals surface area contributed by atoms with Crippen molar-refractivity contribution in [3.05, 3.63) is 0 Å². The Labute approximate surface area is 90.4 Å². The fourth-order valence-corrected chi connectivity index (χ4v) is 0.445. The third-order valence-electron chi connectivity index (χ3n) is 1.17. The van der Waals surface area contributed by atoms with Gasteiger partial charge in [0.25, 0.3) is 0 Å². The number of urea groups is 1. The molecule has 4 N–H and O–H groups in total. The lowest BCUT2D eigenvalue weighted by atomic mass is 10.5. The summed E-state index contributed by atoms with van der Waals surface area (Å²) >= 11 is 0. The lowest BCUT2D eigenvalue weighted by Gasteiger charge is -2.11. The molecule has 7 heteroatoms. The number of hydrogen-bond donors (Lipinski definition) is 2. The van der Waals surface area contributed by atoms with Gasteiger partial charge in [-0.25, -0.2) is 4.79 Å². The number of aliphatic imine (C=N–C) groups is 1. The molecule has 13 heavy (non-hydrogen) atoms. The molecule has 0 atom stereocenters. The van der Waals surface area contributed by atoms with Crippen molar-refractivity contribution in [3.63, 3.8) is 0 Å².